The number of benzene rings is 1. The van der Waals surface area contributed by atoms with Crippen LogP contribution in [0.3, 0.4) is 0 Å². The normalized spacial score (nSPS) is 17.3. The van der Waals surface area contributed by atoms with Crippen molar-refractivity contribution in [1.82, 2.24) is 14.2 Å². The van der Waals surface area contributed by atoms with E-state index in [1.807, 2.05) is 18.2 Å². The van der Waals surface area contributed by atoms with E-state index in [0.717, 1.165) is 6.54 Å². The summed E-state index contributed by atoms with van der Waals surface area (Å²) >= 11 is 5.94. The third-order valence-corrected chi connectivity index (χ3v) is 6.27. The Morgan fingerprint density at radius 3 is 2.35 bits per heavy atom. The number of hydrogen-bond donors (Lipinski definition) is 0. The van der Waals surface area contributed by atoms with E-state index >= 15 is 0 Å². The van der Waals surface area contributed by atoms with Crippen LogP contribution in [0.25, 0.3) is 0 Å². The number of rotatable bonds is 4. The molecular weight excluding hydrogens is 334 g/mol. The van der Waals surface area contributed by atoms with Gasteiger partial charge in [-0.1, -0.05) is 41.9 Å². The molecule has 1 aliphatic rings. The summed E-state index contributed by atoms with van der Waals surface area (Å²) in [5.74, 6) is 0. The van der Waals surface area contributed by atoms with Crippen LogP contribution in [0.15, 0.2) is 53.6 Å². The zero-order chi connectivity index (χ0) is 16.3. The van der Waals surface area contributed by atoms with Crippen molar-refractivity contribution in [2.75, 3.05) is 26.2 Å². The molecule has 0 unspecified atom stereocenters. The van der Waals surface area contributed by atoms with Crippen LogP contribution < -0.4 is 0 Å². The Bertz CT molecular complexity index is 760. The molecule has 3 rings (SSSR count). The minimum Gasteiger partial charge on any atom is -0.296 e. The molecule has 0 spiro atoms. The molecule has 23 heavy (non-hydrogen) atoms. The molecule has 122 valence electrons. The van der Waals surface area contributed by atoms with Crippen LogP contribution in [-0.2, 0) is 16.6 Å². The molecule has 1 aliphatic heterocycles. The Balaban J connectivity index is 1.66. The average Bonchev–Trinajstić information content (AvgIpc) is 2.56. The van der Waals surface area contributed by atoms with Crippen molar-refractivity contribution in [3.05, 3.63) is 59.4 Å². The smallest absolute Gasteiger partial charge is 0.246 e. The quantitative estimate of drug-likeness (QED) is 0.793. The molecule has 0 N–H and O–H groups in total. The largest absolute Gasteiger partial charge is 0.296 e. The van der Waals surface area contributed by atoms with Gasteiger partial charge in [-0.15, -0.1) is 0 Å². The van der Waals surface area contributed by atoms with Gasteiger partial charge in [-0.3, -0.25) is 4.90 Å². The summed E-state index contributed by atoms with van der Waals surface area (Å²) in [5, 5.41) is 0.0271. The maximum Gasteiger partial charge on any atom is 0.246 e. The number of sulfonamides is 1. The van der Waals surface area contributed by atoms with E-state index in [2.05, 4.69) is 22.0 Å². The van der Waals surface area contributed by atoms with Gasteiger partial charge in [-0.25, -0.2) is 13.4 Å². The van der Waals surface area contributed by atoms with Crippen LogP contribution in [-0.4, -0.2) is 48.8 Å². The Kier molecular flexibility index (Phi) is 4.96. The van der Waals surface area contributed by atoms with Gasteiger partial charge in [0, 0.05) is 38.9 Å². The lowest BCUT2D eigenvalue weighted by molar-refractivity contribution is 0.181. The van der Waals surface area contributed by atoms with Gasteiger partial charge in [-0.2, -0.15) is 4.31 Å². The van der Waals surface area contributed by atoms with Crippen molar-refractivity contribution in [2.24, 2.45) is 0 Å². The SMILES string of the molecule is O=S(=O)(c1cccnc1Cl)N1CCN(Cc2ccccc2)CC1. The molecule has 0 atom stereocenters. The van der Waals surface area contributed by atoms with E-state index < -0.39 is 10.0 Å². The van der Waals surface area contributed by atoms with Gasteiger partial charge in [0.25, 0.3) is 0 Å². The van der Waals surface area contributed by atoms with E-state index in [-0.39, 0.29) is 10.0 Å². The number of aromatic nitrogens is 1. The second-order valence-corrected chi connectivity index (χ2v) is 7.72. The first-order valence-electron chi connectivity index (χ1n) is 7.44. The highest BCUT2D eigenvalue weighted by molar-refractivity contribution is 7.89. The van der Waals surface area contributed by atoms with Crippen LogP contribution in [0.2, 0.25) is 5.15 Å². The van der Waals surface area contributed by atoms with Crippen molar-refractivity contribution in [1.29, 1.82) is 0 Å². The summed E-state index contributed by atoms with van der Waals surface area (Å²) in [5.41, 5.74) is 1.24. The molecule has 5 nitrogen and oxygen atoms in total. The highest BCUT2D eigenvalue weighted by atomic mass is 35.5. The summed E-state index contributed by atoms with van der Waals surface area (Å²) < 4.78 is 26.8. The summed E-state index contributed by atoms with van der Waals surface area (Å²) in [6.45, 7) is 3.15. The standard InChI is InChI=1S/C16H18ClN3O2S/c17-16-15(7-4-8-18-16)23(21,22)20-11-9-19(10-12-20)13-14-5-2-1-3-6-14/h1-8H,9-13H2. The molecule has 0 bridgehead atoms. The highest BCUT2D eigenvalue weighted by Gasteiger charge is 2.30. The number of nitrogens with zero attached hydrogens (tertiary/aromatic N) is 3. The minimum absolute atomic E-state index is 0.0271. The van der Waals surface area contributed by atoms with Gasteiger partial charge in [-0.05, 0) is 17.7 Å². The molecule has 0 radical (unpaired) electrons. The van der Waals surface area contributed by atoms with Crippen LogP contribution in [0.1, 0.15) is 5.56 Å². The molecule has 2 aromatic rings. The number of halogens is 1. The molecule has 0 aliphatic carbocycles. The predicted octanol–water partition coefficient (Wildman–Crippen LogP) is 2.24. The van der Waals surface area contributed by atoms with Crippen LogP contribution >= 0.6 is 11.6 Å². The lowest BCUT2D eigenvalue weighted by Crippen LogP contribution is -2.48. The summed E-state index contributed by atoms with van der Waals surface area (Å²) in [6.07, 6.45) is 1.49. The number of pyridine rings is 1. The topological polar surface area (TPSA) is 53.5 Å². The molecule has 1 aromatic carbocycles. The number of piperazine rings is 1. The molecule has 1 fully saturated rings. The second-order valence-electron chi connectivity index (χ2n) is 5.46. The zero-order valence-corrected chi connectivity index (χ0v) is 14.2. The van der Waals surface area contributed by atoms with Crippen LogP contribution in [0.4, 0.5) is 0 Å². The number of hydrogen-bond acceptors (Lipinski definition) is 4. The molecular formula is C16H18ClN3O2S. The molecule has 2 heterocycles. The van der Waals surface area contributed by atoms with Gasteiger partial charge < -0.3 is 0 Å². The molecule has 1 aromatic heterocycles. The van der Waals surface area contributed by atoms with Crippen LogP contribution in [0, 0.1) is 0 Å². The fourth-order valence-corrected chi connectivity index (χ4v) is 4.52. The maximum absolute atomic E-state index is 12.7. The van der Waals surface area contributed by atoms with Gasteiger partial charge in [0.05, 0.1) is 0 Å². The first kappa shape index (κ1) is 16.4. The maximum atomic E-state index is 12.7. The summed E-state index contributed by atoms with van der Waals surface area (Å²) in [7, 11) is -3.58. The van der Waals surface area contributed by atoms with Gasteiger partial charge >= 0.3 is 0 Å². The summed E-state index contributed by atoms with van der Waals surface area (Å²) in [4.78, 5) is 6.20. The van der Waals surface area contributed by atoms with Gasteiger partial charge in [0.15, 0.2) is 0 Å². The predicted molar refractivity (Wildman–Crippen MR) is 89.7 cm³/mol. The van der Waals surface area contributed by atoms with Gasteiger partial charge in [0.2, 0.25) is 10.0 Å². The summed E-state index contributed by atoms with van der Waals surface area (Å²) in [6, 6.07) is 13.3. The highest BCUT2D eigenvalue weighted by Crippen LogP contribution is 2.23. The minimum atomic E-state index is -3.58. The second kappa shape index (κ2) is 6.97. The van der Waals surface area contributed by atoms with E-state index in [0.29, 0.717) is 26.2 Å². The molecule has 7 heteroatoms. The van der Waals surface area contributed by atoms with Crippen molar-refractivity contribution < 1.29 is 8.42 Å². The van der Waals surface area contributed by atoms with Crippen molar-refractivity contribution in [3.63, 3.8) is 0 Å². The third-order valence-electron chi connectivity index (χ3n) is 3.92. The monoisotopic (exact) mass is 351 g/mol. The van der Waals surface area contributed by atoms with Gasteiger partial charge in [0.1, 0.15) is 10.0 Å². The van der Waals surface area contributed by atoms with Crippen molar-refractivity contribution in [3.8, 4) is 0 Å². The molecule has 0 amide bonds. The third kappa shape index (κ3) is 3.72. The Hall–Kier alpha value is -1.47. The van der Waals surface area contributed by atoms with E-state index in [9.17, 15) is 8.42 Å². The zero-order valence-electron chi connectivity index (χ0n) is 12.6. The van der Waals surface area contributed by atoms with Crippen molar-refractivity contribution >= 4 is 21.6 Å². The molecule has 0 saturated carbocycles. The Morgan fingerprint density at radius 1 is 1.00 bits per heavy atom. The van der Waals surface area contributed by atoms with E-state index in [1.165, 1.54) is 22.1 Å². The fraction of sp³-hybridized carbons (Fsp3) is 0.312. The Morgan fingerprint density at radius 2 is 1.70 bits per heavy atom. The Labute approximate surface area is 141 Å². The molecule has 1 saturated heterocycles. The first-order valence-corrected chi connectivity index (χ1v) is 9.26. The van der Waals surface area contributed by atoms with E-state index in [4.69, 9.17) is 11.6 Å². The van der Waals surface area contributed by atoms with Crippen LogP contribution in [0.5, 0.6) is 0 Å². The first-order chi connectivity index (χ1) is 11.1. The van der Waals surface area contributed by atoms with E-state index in [1.54, 1.807) is 6.07 Å². The fourth-order valence-electron chi connectivity index (χ4n) is 2.67. The lowest BCUT2D eigenvalue weighted by Gasteiger charge is -2.34. The average molecular weight is 352 g/mol. The lowest BCUT2D eigenvalue weighted by atomic mass is 10.2. The van der Waals surface area contributed by atoms with Crippen molar-refractivity contribution in [2.45, 2.75) is 11.4 Å².